The first-order chi connectivity index (χ1) is 20.6. The lowest BCUT2D eigenvalue weighted by Crippen LogP contribution is -2.57. The fourth-order valence-electron chi connectivity index (χ4n) is 4.64. The van der Waals surface area contributed by atoms with Gasteiger partial charge in [-0.15, -0.1) is 0 Å². The molecule has 1 aromatic heterocycles. The molecule has 0 spiro atoms. The van der Waals surface area contributed by atoms with Crippen LogP contribution in [-0.4, -0.2) is 90.6 Å². The van der Waals surface area contributed by atoms with Crippen LogP contribution < -0.4 is 5.32 Å². The molecular formula is C28H33N5O9S. The Morgan fingerprint density at radius 3 is 2.49 bits per heavy atom. The molecule has 43 heavy (non-hydrogen) atoms. The number of imide groups is 1. The summed E-state index contributed by atoms with van der Waals surface area (Å²) in [4.78, 5) is 57.9. The fourth-order valence-corrected chi connectivity index (χ4v) is 6.21. The van der Waals surface area contributed by atoms with Crippen LogP contribution in [0.15, 0.2) is 52.9 Å². The lowest BCUT2D eigenvalue weighted by molar-refractivity contribution is -0.385. The lowest BCUT2D eigenvalue weighted by atomic mass is 10.2. The van der Waals surface area contributed by atoms with Crippen LogP contribution in [0.3, 0.4) is 0 Å². The van der Waals surface area contributed by atoms with Crippen LogP contribution in [0.25, 0.3) is 11.1 Å². The van der Waals surface area contributed by atoms with Gasteiger partial charge in [-0.05, 0) is 18.6 Å². The molecule has 1 N–H and O–H groups in total. The molecule has 0 aliphatic carbocycles. The van der Waals surface area contributed by atoms with E-state index in [1.165, 1.54) is 29.2 Å². The van der Waals surface area contributed by atoms with Crippen LogP contribution in [0.5, 0.6) is 0 Å². The van der Waals surface area contributed by atoms with Gasteiger partial charge in [-0.2, -0.15) is 0 Å². The molecule has 2 heterocycles. The van der Waals surface area contributed by atoms with Crippen LogP contribution in [0, 0.1) is 10.1 Å². The van der Waals surface area contributed by atoms with Gasteiger partial charge in [-0.25, -0.2) is 18.2 Å². The molecule has 1 fully saturated rings. The van der Waals surface area contributed by atoms with Crippen LogP contribution in [0.1, 0.15) is 42.4 Å². The van der Waals surface area contributed by atoms with E-state index in [1.807, 2.05) is 6.92 Å². The van der Waals surface area contributed by atoms with Gasteiger partial charge in [0, 0.05) is 31.3 Å². The zero-order valence-electron chi connectivity index (χ0n) is 23.6. The van der Waals surface area contributed by atoms with Crippen molar-refractivity contribution in [2.75, 3.05) is 38.6 Å². The molecule has 3 aromatic rings. The van der Waals surface area contributed by atoms with Crippen molar-refractivity contribution >= 4 is 44.5 Å². The number of unbranched alkanes of at least 4 members (excludes halogenated alkanes) is 2. The van der Waals surface area contributed by atoms with Gasteiger partial charge in [0.25, 0.3) is 17.5 Å². The van der Waals surface area contributed by atoms with Crippen molar-refractivity contribution in [3.63, 3.8) is 0 Å². The molecule has 1 saturated heterocycles. The van der Waals surface area contributed by atoms with Gasteiger partial charge in [0.1, 0.15) is 11.6 Å². The zero-order chi connectivity index (χ0) is 31.0. The van der Waals surface area contributed by atoms with E-state index in [4.69, 9.17) is 9.15 Å². The van der Waals surface area contributed by atoms with Crippen molar-refractivity contribution < 1.29 is 36.9 Å². The highest BCUT2D eigenvalue weighted by Gasteiger charge is 2.37. The molecular weight excluding hydrogens is 582 g/mol. The number of amides is 4. The van der Waals surface area contributed by atoms with E-state index in [9.17, 15) is 32.9 Å². The molecule has 1 unspecified atom stereocenters. The molecule has 1 aliphatic rings. The van der Waals surface area contributed by atoms with Crippen LogP contribution in [-0.2, 0) is 25.1 Å². The molecule has 14 nitrogen and oxygen atoms in total. The Morgan fingerprint density at radius 2 is 1.79 bits per heavy atom. The maximum atomic E-state index is 14.0. The SMILES string of the molecule is CCCCCN(C(=O)c1nc2ccccc2o1)C(=O)C(CS(=O)(=O)Cc1ccccc1[N+](=O)[O-])NC(=O)N1CCOCC1. The monoisotopic (exact) mass is 615 g/mol. The highest BCUT2D eigenvalue weighted by Crippen LogP contribution is 2.22. The van der Waals surface area contributed by atoms with E-state index in [-0.39, 0.29) is 44.3 Å². The summed E-state index contributed by atoms with van der Waals surface area (Å²) in [5.74, 6) is -3.85. The number of para-hydroxylation sites is 3. The highest BCUT2D eigenvalue weighted by atomic mass is 32.2. The number of nitrogens with zero attached hydrogens (tertiary/aromatic N) is 4. The van der Waals surface area contributed by atoms with E-state index in [0.717, 1.165) is 11.3 Å². The van der Waals surface area contributed by atoms with Crippen molar-refractivity contribution in [1.29, 1.82) is 0 Å². The first-order valence-electron chi connectivity index (χ1n) is 13.9. The standard InChI is InChI=1S/C28H33N5O9S/c1-2-3-8-13-32(27(35)25-29-21-10-5-7-12-24(21)42-25)26(34)22(30-28(36)31-14-16-41-17-15-31)19-43(39,40)18-20-9-4-6-11-23(20)33(37)38/h4-7,9-12,22H,2-3,8,13-19H2,1H3,(H,30,36). The summed E-state index contributed by atoms with van der Waals surface area (Å²) in [6.07, 6.45) is 1.87. The number of sulfone groups is 1. The first-order valence-corrected chi connectivity index (χ1v) is 15.7. The second-order valence-electron chi connectivity index (χ2n) is 10.0. The van der Waals surface area contributed by atoms with E-state index >= 15 is 0 Å². The normalized spacial score (nSPS) is 14.3. The minimum Gasteiger partial charge on any atom is -0.432 e. The number of nitrogens with one attached hydrogen (secondary N) is 1. The average molecular weight is 616 g/mol. The van der Waals surface area contributed by atoms with Crippen LogP contribution >= 0.6 is 0 Å². The van der Waals surface area contributed by atoms with Crippen molar-refractivity contribution in [3.05, 3.63) is 70.1 Å². The smallest absolute Gasteiger partial charge is 0.318 e. The molecule has 1 aliphatic heterocycles. The van der Waals surface area contributed by atoms with Crippen molar-refractivity contribution in [1.82, 2.24) is 20.1 Å². The Hall–Kier alpha value is -4.37. The number of hydrogen-bond acceptors (Lipinski definition) is 10. The molecule has 1 atom stereocenters. The van der Waals surface area contributed by atoms with E-state index in [0.29, 0.717) is 23.9 Å². The van der Waals surface area contributed by atoms with E-state index in [2.05, 4.69) is 10.3 Å². The van der Waals surface area contributed by atoms with Crippen LogP contribution in [0.2, 0.25) is 0 Å². The Bertz CT molecular complexity index is 1550. The summed E-state index contributed by atoms with van der Waals surface area (Å²) < 4.78 is 37.6. The largest absolute Gasteiger partial charge is 0.432 e. The number of aromatic nitrogens is 1. The van der Waals surface area contributed by atoms with Crippen molar-refractivity contribution in [2.24, 2.45) is 0 Å². The minimum absolute atomic E-state index is 0.0689. The van der Waals surface area contributed by atoms with E-state index < -0.39 is 55.8 Å². The third-order valence-corrected chi connectivity index (χ3v) is 8.44. The number of fused-ring (bicyclic) bond motifs is 1. The summed E-state index contributed by atoms with van der Waals surface area (Å²) in [6.45, 7) is 2.84. The summed E-state index contributed by atoms with van der Waals surface area (Å²) in [6, 6.07) is 9.65. The first kappa shape index (κ1) is 31.6. The Labute approximate surface area is 248 Å². The number of benzene rings is 2. The lowest BCUT2D eigenvalue weighted by Gasteiger charge is -2.30. The van der Waals surface area contributed by atoms with E-state index in [1.54, 1.807) is 24.3 Å². The van der Waals surface area contributed by atoms with Gasteiger partial charge < -0.3 is 19.4 Å². The van der Waals surface area contributed by atoms with Crippen molar-refractivity contribution in [3.8, 4) is 0 Å². The van der Waals surface area contributed by atoms with Gasteiger partial charge in [0.2, 0.25) is 0 Å². The minimum atomic E-state index is -4.24. The van der Waals surface area contributed by atoms with Gasteiger partial charge >= 0.3 is 11.9 Å². The van der Waals surface area contributed by atoms with Crippen LogP contribution in [0.4, 0.5) is 10.5 Å². The maximum absolute atomic E-state index is 14.0. The molecule has 4 rings (SSSR count). The Balaban J connectivity index is 1.65. The molecule has 0 saturated carbocycles. The van der Waals surface area contributed by atoms with Crippen molar-refractivity contribution in [2.45, 2.75) is 38.0 Å². The maximum Gasteiger partial charge on any atom is 0.318 e. The predicted molar refractivity (Wildman–Crippen MR) is 155 cm³/mol. The number of oxazole rings is 1. The second-order valence-corrected chi connectivity index (χ2v) is 12.1. The number of carbonyl (C=O) groups is 3. The molecule has 2 aromatic carbocycles. The predicted octanol–water partition coefficient (Wildman–Crippen LogP) is 2.92. The Morgan fingerprint density at radius 1 is 1.09 bits per heavy atom. The Kier molecular flexibility index (Phi) is 10.4. The molecule has 0 radical (unpaired) electrons. The van der Waals surface area contributed by atoms with Gasteiger partial charge in [0.05, 0.1) is 29.6 Å². The summed E-state index contributed by atoms with van der Waals surface area (Å²) in [5, 5.41) is 14.0. The topological polar surface area (TPSA) is 182 Å². The highest BCUT2D eigenvalue weighted by molar-refractivity contribution is 7.90. The number of urea groups is 1. The quantitative estimate of drug-likeness (QED) is 0.181. The molecule has 230 valence electrons. The number of carbonyl (C=O) groups excluding carboxylic acids is 3. The molecule has 15 heteroatoms. The zero-order valence-corrected chi connectivity index (χ0v) is 24.5. The average Bonchev–Trinajstić information content (AvgIpc) is 3.43. The van der Waals surface area contributed by atoms with Gasteiger partial charge in [-0.3, -0.25) is 24.6 Å². The summed E-state index contributed by atoms with van der Waals surface area (Å²) in [5.41, 5.74) is 0.270. The van der Waals surface area contributed by atoms with Gasteiger partial charge in [-0.1, -0.05) is 50.1 Å². The fraction of sp³-hybridized carbons (Fsp3) is 0.429. The number of nitro benzene ring substituents is 1. The second kappa shape index (κ2) is 14.2. The number of nitro groups is 1. The molecule has 4 amide bonds. The third kappa shape index (κ3) is 8.14. The third-order valence-electron chi connectivity index (χ3n) is 6.85. The number of ether oxygens (including phenoxy) is 1. The summed E-state index contributed by atoms with van der Waals surface area (Å²) in [7, 11) is -4.24. The van der Waals surface area contributed by atoms with Gasteiger partial charge in [0.15, 0.2) is 15.4 Å². The molecule has 0 bridgehead atoms. The number of morpholine rings is 1. The number of rotatable bonds is 12. The summed E-state index contributed by atoms with van der Waals surface area (Å²) >= 11 is 0. The number of hydrogen-bond donors (Lipinski definition) is 1.